The number of likely N-dealkylation sites (tertiary alicyclic amines) is 1. The van der Waals surface area contributed by atoms with Gasteiger partial charge in [-0.3, -0.25) is 0 Å². The highest BCUT2D eigenvalue weighted by Crippen LogP contribution is 2.34. The number of para-hydroxylation sites is 1. The van der Waals surface area contributed by atoms with Crippen LogP contribution in [0.3, 0.4) is 0 Å². The van der Waals surface area contributed by atoms with Crippen molar-refractivity contribution >= 4 is 21.6 Å². The number of nitrogens with zero attached hydrogens (tertiary/aromatic N) is 1. The van der Waals surface area contributed by atoms with Crippen molar-refractivity contribution in [3.8, 4) is 0 Å². The number of carbonyl (C=O) groups excluding carboxylic acids is 1. The van der Waals surface area contributed by atoms with Crippen molar-refractivity contribution in [3.05, 3.63) is 24.3 Å². The summed E-state index contributed by atoms with van der Waals surface area (Å²) in [4.78, 5) is 11.7. The summed E-state index contributed by atoms with van der Waals surface area (Å²) in [6.45, 7) is 0.431. The molecule has 1 N–H and O–H groups in total. The van der Waals surface area contributed by atoms with E-state index in [0.717, 1.165) is 6.07 Å². The number of methoxy groups -OCH3 is 1. The number of hydrogen-bond donors (Lipinski definition) is 1. The molecule has 0 atom stereocenters. The van der Waals surface area contributed by atoms with Crippen LogP contribution in [0.15, 0.2) is 29.2 Å². The third-order valence-electron chi connectivity index (χ3n) is 3.16. The van der Waals surface area contributed by atoms with E-state index in [1.807, 2.05) is 0 Å². The Morgan fingerprint density at radius 2 is 1.91 bits per heavy atom. The SMILES string of the molecule is COC(=O)N1CC(Nc2ccccc2S(=O)(=O)C(F)(F)F)C1. The molecule has 0 saturated carbocycles. The molecule has 122 valence electrons. The number of ether oxygens (including phenoxy) is 1. The number of rotatable bonds is 3. The summed E-state index contributed by atoms with van der Waals surface area (Å²) in [5, 5.41) is 2.71. The number of sulfone groups is 1. The van der Waals surface area contributed by atoms with E-state index >= 15 is 0 Å². The van der Waals surface area contributed by atoms with E-state index in [0.29, 0.717) is 0 Å². The first-order valence-corrected chi connectivity index (χ1v) is 7.65. The minimum Gasteiger partial charge on any atom is -0.453 e. The number of alkyl halides is 3. The molecule has 6 nitrogen and oxygen atoms in total. The first-order valence-electron chi connectivity index (χ1n) is 6.16. The molecule has 22 heavy (non-hydrogen) atoms. The fourth-order valence-electron chi connectivity index (χ4n) is 2.01. The molecule has 0 aromatic heterocycles. The molecule has 1 fully saturated rings. The zero-order valence-corrected chi connectivity index (χ0v) is 12.2. The molecule has 1 amide bonds. The quantitative estimate of drug-likeness (QED) is 0.910. The Morgan fingerprint density at radius 3 is 2.45 bits per heavy atom. The lowest BCUT2D eigenvalue weighted by atomic mass is 10.1. The number of halogens is 3. The van der Waals surface area contributed by atoms with Crippen molar-refractivity contribution in [2.75, 3.05) is 25.5 Å². The smallest absolute Gasteiger partial charge is 0.453 e. The van der Waals surface area contributed by atoms with Gasteiger partial charge in [-0.2, -0.15) is 13.2 Å². The topological polar surface area (TPSA) is 75.7 Å². The van der Waals surface area contributed by atoms with Gasteiger partial charge in [-0.05, 0) is 12.1 Å². The largest absolute Gasteiger partial charge is 0.501 e. The molecule has 1 saturated heterocycles. The zero-order chi connectivity index (χ0) is 16.5. The Bertz CT molecular complexity index is 669. The number of benzene rings is 1. The Hall–Kier alpha value is -1.97. The van der Waals surface area contributed by atoms with Crippen LogP contribution in [0, 0.1) is 0 Å². The molecule has 0 radical (unpaired) electrons. The molecule has 2 rings (SSSR count). The molecule has 0 bridgehead atoms. The molecule has 1 heterocycles. The van der Waals surface area contributed by atoms with Crippen LogP contribution in [0.5, 0.6) is 0 Å². The third kappa shape index (κ3) is 2.96. The highest BCUT2D eigenvalue weighted by Gasteiger charge is 2.48. The van der Waals surface area contributed by atoms with E-state index in [-0.39, 0.29) is 24.8 Å². The summed E-state index contributed by atoms with van der Waals surface area (Å²) < 4.78 is 65.5. The van der Waals surface area contributed by atoms with Gasteiger partial charge >= 0.3 is 11.6 Å². The van der Waals surface area contributed by atoms with Crippen molar-refractivity contribution in [2.45, 2.75) is 16.4 Å². The van der Waals surface area contributed by atoms with E-state index in [1.165, 1.54) is 30.2 Å². The molecule has 0 spiro atoms. The fraction of sp³-hybridized carbons (Fsp3) is 0.417. The Morgan fingerprint density at radius 1 is 1.32 bits per heavy atom. The molecule has 0 aliphatic carbocycles. The van der Waals surface area contributed by atoms with Crippen molar-refractivity contribution in [1.29, 1.82) is 0 Å². The van der Waals surface area contributed by atoms with Gasteiger partial charge in [0.05, 0.1) is 23.7 Å². The number of amides is 1. The van der Waals surface area contributed by atoms with Crippen LogP contribution >= 0.6 is 0 Å². The second kappa shape index (κ2) is 5.67. The van der Waals surface area contributed by atoms with Crippen molar-refractivity contribution in [1.82, 2.24) is 4.90 Å². The summed E-state index contributed by atoms with van der Waals surface area (Å²) in [6.07, 6.45) is -0.547. The second-order valence-corrected chi connectivity index (χ2v) is 6.57. The zero-order valence-electron chi connectivity index (χ0n) is 11.4. The van der Waals surface area contributed by atoms with Gasteiger partial charge in [0, 0.05) is 13.1 Å². The van der Waals surface area contributed by atoms with Crippen molar-refractivity contribution in [2.24, 2.45) is 0 Å². The minimum absolute atomic E-state index is 0.144. The van der Waals surface area contributed by atoms with Gasteiger partial charge in [-0.1, -0.05) is 12.1 Å². The maximum Gasteiger partial charge on any atom is 0.501 e. The molecule has 0 unspecified atom stereocenters. The molecular weight excluding hydrogens is 325 g/mol. The van der Waals surface area contributed by atoms with Gasteiger partial charge in [0.2, 0.25) is 0 Å². The predicted molar refractivity (Wildman–Crippen MR) is 71.1 cm³/mol. The predicted octanol–water partition coefficient (Wildman–Crippen LogP) is 1.84. The summed E-state index contributed by atoms with van der Waals surface area (Å²) in [7, 11) is -4.22. The third-order valence-corrected chi connectivity index (χ3v) is 4.70. The fourth-order valence-corrected chi connectivity index (χ4v) is 2.94. The van der Waals surface area contributed by atoms with Gasteiger partial charge in [-0.25, -0.2) is 13.2 Å². The molecule has 10 heteroatoms. The summed E-state index contributed by atoms with van der Waals surface area (Å²) >= 11 is 0. The number of nitrogens with one attached hydrogen (secondary N) is 1. The van der Waals surface area contributed by atoms with Crippen molar-refractivity contribution in [3.63, 3.8) is 0 Å². The maximum atomic E-state index is 12.7. The van der Waals surface area contributed by atoms with Gasteiger partial charge in [0.1, 0.15) is 0 Å². The lowest BCUT2D eigenvalue weighted by Gasteiger charge is -2.39. The normalized spacial score (nSPS) is 16.1. The summed E-state index contributed by atoms with van der Waals surface area (Å²) in [5.74, 6) is 0. The Balaban J connectivity index is 2.17. The molecular formula is C12H13F3N2O4S. The van der Waals surface area contributed by atoms with Crippen molar-refractivity contribution < 1.29 is 31.1 Å². The second-order valence-electron chi connectivity index (χ2n) is 4.66. The number of anilines is 1. The van der Waals surface area contributed by atoms with Crippen LogP contribution in [0.25, 0.3) is 0 Å². The number of hydrogen-bond acceptors (Lipinski definition) is 5. The summed E-state index contributed by atoms with van der Waals surface area (Å²) in [5.41, 5.74) is -5.52. The average molecular weight is 338 g/mol. The minimum atomic E-state index is -5.44. The van der Waals surface area contributed by atoms with E-state index in [9.17, 15) is 26.4 Å². The van der Waals surface area contributed by atoms with E-state index in [2.05, 4.69) is 10.1 Å². The van der Waals surface area contributed by atoms with E-state index in [1.54, 1.807) is 0 Å². The standard InChI is InChI=1S/C12H13F3N2O4S/c1-21-11(18)17-6-8(7-17)16-9-4-2-3-5-10(9)22(19,20)12(13,14)15/h2-5,8,16H,6-7H2,1H3. The Labute approximate surface area is 124 Å². The van der Waals surface area contributed by atoms with Crippen LogP contribution in [0.1, 0.15) is 0 Å². The van der Waals surface area contributed by atoms with Crippen LogP contribution < -0.4 is 5.32 Å². The van der Waals surface area contributed by atoms with E-state index in [4.69, 9.17) is 0 Å². The van der Waals surface area contributed by atoms with Crippen LogP contribution in [0.4, 0.5) is 23.7 Å². The van der Waals surface area contributed by atoms with Gasteiger partial charge in [0.25, 0.3) is 9.84 Å². The lowest BCUT2D eigenvalue weighted by molar-refractivity contribution is -0.0435. The molecule has 1 aliphatic rings. The monoisotopic (exact) mass is 338 g/mol. The first-order chi connectivity index (χ1) is 10.2. The highest BCUT2D eigenvalue weighted by molar-refractivity contribution is 7.92. The van der Waals surface area contributed by atoms with Crippen LogP contribution in [-0.2, 0) is 14.6 Å². The van der Waals surface area contributed by atoms with Gasteiger partial charge in [0.15, 0.2) is 0 Å². The van der Waals surface area contributed by atoms with E-state index < -0.39 is 26.3 Å². The van der Waals surface area contributed by atoms with Crippen LogP contribution in [-0.4, -0.2) is 51.2 Å². The first kappa shape index (κ1) is 16.4. The average Bonchev–Trinajstić information content (AvgIpc) is 2.40. The number of carbonyl (C=O) groups is 1. The van der Waals surface area contributed by atoms with Gasteiger partial charge in [-0.15, -0.1) is 0 Å². The van der Waals surface area contributed by atoms with Crippen LogP contribution in [0.2, 0.25) is 0 Å². The molecule has 1 aromatic carbocycles. The molecule has 1 aliphatic heterocycles. The Kier molecular flexibility index (Phi) is 4.23. The highest BCUT2D eigenvalue weighted by atomic mass is 32.2. The maximum absolute atomic E-state index is 12.7. The molecule has 1 aromatic rings. The summed E-state index contributed by atoms with van der Waals surface area (Å²) in [6, 6.07) is 4.44. The lowest BCUT2D eigenvalue weighted by Crippen LogP contribution is -2.57. The van der Waals surface area contributed by atoms with Gasteiger partial charge < -0.3 is 15.0 Å².